The second-order valence-electron chi connectivity index (χ2n) is 5.24. The quantitative estimate of drug-likeness (QED) is 0.669. The number of ether oxygens (including phenoxy) is 1. The van der Waals surface area contributed by atoms with Crippen LogP contribution >= 0.6 is 0 Å². The van der Waals surface area contributed by atoms with Crippen molar-refractivity contribution in [3.8, 4) is 0 Å². The van der Waals surface area contributed by atoms with E-state index in [9.17, 15) is 0 Å². The molecule has 1 aliphatic heterocycles. The van der Waals surface area contributed by atoms with Gasteiger partial charge in [-0.3, -0.25) is 0 Å². The predicted octanol–water partition coefficient (Wildman–Crippen LogP) is 1.01. The Morgan fingerprint density at radius 1 is 1.00 bits per heavy atom. The van der Waals surface area contributed by atoms with Crippen LogP contribution in [-0.4, -0.2) is 68.3 Å². The summed E-state index contributed by atoms with van der Waals surface area (Å²) in [5.41, 5.74) is 6.04. The van der Waals surface area contributed by atoms with Crippen LogP contribution in [0.25, 0.3) is 0 Å². The number of rotatable bonds is 9. The zero-order chi connectivity index (χ0) is 13.4. The van der Waals surface area contributed by atoms with E-state index in [2.05, 4.69) is 30.6 Å². The number of hydrogen-bond donors (Lipinski definition) is 1. The highest BCUT2D eigenvalue weighted by atomic mass is 16.5. The van der Waals surface area contributed by atoms with E-state index < -0.39 is 0 Å². The molecule has 18 heavy (non-hydrogen) atoms. The van der Waals surface area contributed by atoms with E-state index in [4.69, 9.17) is 10.5 Å². The second kappa shape index (κ2) is 8.86. The Kier molecular flexibility index (Phi) is 7.82. The molecule has 0 bridgehead atoms. The topological polar surface area (TPSA) is 41.7 Å². The van der Waals surface area contributed by atoms with Gasteiger partial charge in [0.15, 0.2) is 0 Å². The smallest absolute Gasteiger partial charge is 0.0621 e. The molecule has 0 aliphatic carbocycles. The van der Waals surface area contributed by atoms with Crippen molar-refractivity contribution in [2.45, 2.75) is 33.2 Å². The van der Waals surface area contributed by atoms with E-state index in [-0.39, 0.29) is 6.04 Å². The molecule has 4 nitrogen and oxygen atoms in total. The highest BCUT2D eigenvalue weighted by molar-refractivity contribution is 4.80. The van der Waals surface area contributed by atoms with E-state index >= 15 is 0 Å². The Balaban J connectivity index is 2.20. The molecule has 2 atom stereocenters. The third-order valence-corrected chi connectivity index (χ3v) is 4.03. The van der Waals surface area contributed by atoms with Gasteiger partial charge in [-0.1, -0.05) is 20.8 Å². The summed E-state index contributed by atoms with van der Waals surface area (Å²) in [4.78, 5) is 5.00. The van der Waals surface area contributed by atoms with Crippen molar-refractivity contribution in [1.29, 1.82) is 0 Å². The van der Waals surface area contributed by atoms with Crippen molar-refractivity contribution < 1.29 is 4.74 Å². The molecule has 1 heterocycles. The van der Waals surface area contributed by atoms with Crippen LogP contribution in [0.5, 0.6) is 0 Å². The maximum atomic E-state index is 6.04. The highest BCUT2D eigenvalue weighted by Crippen LogP contribution is 2.13. The van der Waals surface area contributed by atoms with Crippen LogP contribution in [0, 0.1) is 5.92 Å². The lowest BCUT2D eigenvalue weighted by Gasteiger charge is -2.26. The Morgan fingerprint density at radius 3 is 2.11 bits per heavy atom. The molecule has 0 aromatic carbocycles. The zero-order valence-electron chi connectivity index (χ0n) is 12.4. The largest absolute Gasteiger partial charge is 0.379 e. The van der Waals surface area contributed by atoms with Gasteiger partial charge in [0.25, 0.3) is 0 Å². The maximum Gasteiger partial charge on any atom is 0.0621 e. The second-order valence-corrected chi connectivity index (χ2v) is 5.24. The van der Waals surface area contributed by atoms with Crippen LogP contribution in [0.3, 0.4) is 0 Å². The van der Waals surface area contributed by atoms with Gasteiger partial charge in [0.2, 0.25) is 0 Å². The number of nitrogens with zero attached hydrogens (tertiary/aromatic N) is 2. The molecule has 0 aromatic rings. The van der Waals surface area contributed by atoms with Crippen LogP contribution in [0.4, 0.5) is 0 Å². The van der Waals surface area contributed by atoms with Crippen molar-refractivity contribution >= 4 is 0 Å². The molecule has 1 saturated heterocycles. The minimum atomic E-state index is 0.238. The van der Waals surface area contributed by atoms with Crippen LogP contribution in [0.1, 0.15) is 27.2 Å². The van der Waals surface area contributed by atoms with Gasteiger partial charge >= 0.3 is 0 Å². The molecule has 0 saturated carbocycles. The third kappa shape index (κ3) is 5.22. The number of nitrogens with two attached hydrogens (primary N) is 1. The van der Waals surface area contributed by atoms with E-state index in [0.29, 0.717) is 5.92 Å². The van der Waals surface area contributed by atoms with Crippen LogP contribution in [0.15, 0.2) is 0 Å². The summed E-state index contributed by atoms with van der Waals surface area (Å²) in [5, 5.41) is 0. The van der Waals surface area contributed by atoms with Crippen molar-refractivity contribution in [2.24, 2.45) is 11.7 Å². The van der Waals surface area contributed by atoms with Gasteiger partial charge in [-0.25, -0.2) is 0 Å². The van der Waals surface area contributed by atoms with Crippen molar-refractivity contribution in [2.75, 3.05) is 52.5 Å². The van der Waals surface area contributed by atoms with Gasteiger partial charge in [0, 0.05) is 18.5 Å². The molecule has 108 valence electrons. The summed E-state index contributed by atoms with van der Waals surface area (Å²) in [6.07, 6.45) is 1.25. The summed E-state index contributed by atoms with van der Waals surface area (Å²) < 4.78 is 5.43. The van der Waals surface area contributed by atoms with E-state index in [1.165, 1.54) is 19.5 Å². The molecule has 0 spiro atoms. The van der Waals surface area contributed by atoms with Crippen LogP contribution in [-0.2, 0) is 4.74 Å². The van der Waals surface area contributed by atoms with Crippen LogP contribution < -0.4 is 5.73 Å². The summed E-state index contributed by atoms with van der Waals surface area (Å²) in [7, 11) is 0. The van der Waals surface area contributed by atoms with Crippen molar-refractivity contribution in [3.63, 3.8) is 0 Å². The van der Waals surface area contributed by atoms with Crippen molar-refractivity contribution in [1.82, 2.24) is 9.80 Å². The standard InChI is InChI=1S/C14H31N3O/c1-4-16(5-2)8-7-9-17(6-3)10-13-11-18-12-14(13)15/h13-14H,4-12,15H2,1-3H3. The van der Waals surface area contributed by atoms with Gasteiger partial charge in [-0.05, 0) is 39.1 Å². The molecule has 1 rings (SSSR count). The van der Waals surface area contributed by atoms with Gasteiger partial charge in [0.05, 0.1) is 13.2 Å². The first-order valence-electron chi connectivity index (χ1n) is 7.49. The molecular weight excluding hydrogens is 226 g/mol. The molecule has 1 fully saturated rings. The Morgan fingerprint density at radius 2 is 1.61 bits per heavy atom. The SMILES string of the molecule is CCN(CC)CCCN(CC)CC1COCC1N. The molecule has 0 aromatic heterocycles. The Labute approximate surface area is 112 Å². The van der Waals surface area contributed by atoms with E-state index in [1.807, 2.05) is 0 Å². The monoisotopic (exact) mass is 257 g/mol. The summed E-state index contributed by atoms with van der Waals surface area (Å²) in [6.45, 7) is 15.2. The molecule has 2 N–H and O–H groups in total. The average molecular weight is 257 g/mol. The lowest BCUT2D eigenvalue weighted by Crippen LogP contribution is -2.39. The van der Waals surface area contributed by atoms with E-state index in [0.717, 1.165) is 39.4 Å². The normalized spacial score (nSPS) is 24.3. The molecular formula is C14H31N3O. The molecule has 0 amide bonds. The first-order valence-corrected chi connectivity index (χ1v) is 7.49. The first-order chi connectivity index (χ1) is 8.71. The summed E-state index contributed by atoms with van der Waals surface area (Å²) in [5.74, 6) is 0.526. The Bertz CT molecular complexity index is 209. The van der Waals surface area contributed by atoms with Crippen molar-refractivity contribution in [3.05, 3.63) is 0 Å². The Hall–Kier alpha value is -0.160. The predicted molar refractivity (Wildman–Crippen MR) is 76.8 cm³/mol. The van der Waals surface area contributed by atoms with Gasteiger partial charge < -0.3 is 20.3 Å². The molecule has 2 unspecified atom stereocenters. The van der Waals surface area contributed by atoms with Gasteiger partial charge in [0.1, 0.15) is 0 Å². The van der Waals surface area contributed by atoms with Crippen LogP contribution in [0.2, 0.25) is 0 Å². The summed E-state index contributed by atoms with van der Waals surface area (Å²) in [6, 6.07) is 0.238. The molecule has 0 radical (unpaired) electrons. The number of hydrogen-bond acceptors (Lipinski definition) is 4. The lowest BCUT2D eigenvalue weighted by atomic mass is 10.0. The fourth-order valence-corrected chi connectivity index (χ4v) is 2.57. The molecule has 1 aliphatic rings. The fraction of sp³-hybridized carbons (Fsp3) is 1.00. The third-order valence-electron chi connectivity index (χ3n) is 4.03. The van der Waals surface area contributed by atoms with Gasteiger partial charge in [-0.15, -0.1) is 0 Å². The minimum Gasteiger partial charge on any atom is -0.379 e. The van der Waals surface area contributed by atoms with Gasteiger partial charge in [-0.2, -0.15) is 0 Å². The highest BCUT2D eigenvalue weighted by Gasteiger charge is 2.26. The van der Waals surface area contributed by atoms with E-state index in [1.54, 1.807) is 0 Å². The average Bonchev–Trinajstić information content (AvgIpc) is 2.79. The molecule has 4 heteroatoms. The maximum absolute atomic E-state index is 6.04. The minimum absolute atomic E-state index is 0.238. The zero-order valence-corrected chi connectivity index (χ0v) is 12.4. The first kappa shape index (κ1) is 15.9. The fourth-order valence-electron chi connectivity index (χ4n) is 2.57. The lowest BCUT2D eigenvalue weighted by molar-refractivity contribution is 0.166. The summed E-state index contributed by atoms with van der Waals surface area (Å²) >= 11 is 0.